The lowest BCUT2D eigenvalue weighted by atomic mass is 9.85. The molecule has 0 aromatic heterocycles. The molecule has 0 bridgehead atoms. The van der Waals surface area contributed by atoms with E-state index in [9.17, 15) is 25.5 Å². The number of para-hydroxylation sites is 2. The molecule has 2 rings (SSSR count). The van der Waals surface area contributed by atoms with Crippen LogP contribution in [0.4, 0.5) is 0 Å². The predicted molar refractivity (Wildman–Crippen MR) is 146 cm³/mol. The van der Waals surface area contributed by atoms with Crippen molar-refractivity contribution in [1.29, 1.82) is 0 Å². The third kappa shape index (κ3) is 13.1. The smallest absolute Gasteiger partial charge is 0.356 e. The molecule has 2 aromatic carbocycles. The van der Waals surface area contributed by atoms with E-state index < -0.39 is 24.2 Å². The summed E-state index contributed by atoms with van der Waals surface area (Å²) in [6.45, 7) is 16.9. The predicted octanol–water partition coefficient (Wildman–Crippen LogP) is -0.401. The lowest BCUT2D eigenvalue weighted by Crippen LogP contribution is -2.64. The van der Waals surface area contributed by atoms with Gasteiger partial charge in [0.25, 0.3) is 5.91 Å². The summed E-state index contributed by atoms with van der Waals surface area (Å²) in [4.78, 5) is 0. The van der Waals surface area contributed by atoms with Crippen molar-refractivity contribution in [2.24, 2.45) is 11.5 Å². The molecule has 0 fully saturated rings. The number of benzene rings is 2. The number of aromatic hydroxyl groups is 2. The maximum atomic E-state index is 9.42. The molecule has 216 valence electrons. The van der Waals surface area contributed by atoms with E-state index in [-0.39, 0.29) is 28.5 Å². The van der Waals surface area contributed by atoms with Crippen molar-refractivity contribution in [3.63, 3.8) is 0 Å². The third-order valence-electron chi connectivity index (χ3n) is 4.45. The first-order chi connectivity index (χ1) is 17.4. The molecule has 2 unspecified atom stereocenters. The van der Waals surface area contributed by atoms with Crippen LogP contribution in [0.1, 0.15) is 37.5 Å². The Morgan fingerprint density at radius 1 is 0.868 bits per heavy atom. The molecule has 0 heterocycles. The normalized spacial score (nSPS) is 11.9. The number of phenols is 2. The Morgan fingerprint density at radius 3 is 1.63 bits per heavy atom. The number of nitrogens with two attached hydrogens (primary N) is 2. The van der Waals surface area contributed by atoms with Crippen LogP contribution in [0.15, 0.2) is 37.4 Å². The van der Waals surface area contributed by atoms with Crippen LogP contribution < -0.4 is 26.4 Å². The molecule has 0 spiro atoms. The fourth-order valence-electron chi connectivity index (χ4n) is 2.34. The first kappa shape index (κ1) is 39.6. The van der Waals surface area contributed by atoms with Crippen LogP contribution in [0.5, 0.6) is 23.0 Å². The lowest BCUT2D eigenvalue weighted by Gasteiger charge is -2.32. The summed E-state index contributed by atoms with van der Waals surface area (Å²) in [7, 11) is 6.86. The minimum absolute atomic E-state index is 0.115. The van der Waals surface area contributed by atoms with Gasteiger partial charge in [0.15, 0.2) is 23.0 Å². The minimum atomic E-state index is -3.31. The standard InChI is InChI=1S/C10H15NO7.C9H11BO2.C2H7NO.C2H6.C2H4/c1-17-6-4-2-3-5-7(6)18-10(15,16)8(12)9(11,13)14;1-4-5(2)7(10)9(12)8(11)6(4)3;1-2(3)4;2*1-2/h2-5,8,12-16H,11H2,1H3;11-12H,1-3H3;2,4H,3H2,1H3;1-2H3;1-2H2. The largest absolute Gasteiger partial charge is 0.505 e. The molecule has 0 aliphatic carbocycles. The van der Waals surface area contributed by atoms with Crippen LogP contribution in [-0.4, -0.2) is 80.0 Å². The van der Waals surface area contributed by atoms with E-state index >= 15 is 0 Å². The van der Waals surface area contributed by atoms with E-state index in [0.29, 0.717) is 5.56 Å². The second kappa shape index (κ2) is 18.4. The van der Waals surface area contributed by atoms with Crippen molar-refractivity contribution < 1.29 is 50.3 Å². The van der Waals surface area contributed by atoms with Crippen LogP contribution in [0.25, 0.3) is 0 Å². The lowest BCUT2D eigenvalue weighted by molar-refractivity contribution is -0.390. The zero-order valence-electron chi connectivity index (χ0n) is 23.0. The number of ether oxygens (including phenoxy) is 2. The highest BCUT2D eigenvalue weighted by atomic mass is 16.8. The SMILES string of the molecule is C=C.CC.CC(N)O.COc1ccccc1OC(O)(O)C(O)C(N)(O)O.[B]c1c(C)c(C)c(C)c(O)c1O. The van der Waals surface area contributed by atoms with Gasteiger partial charge in [-0.1, -0.05) is 31.5 Å². The molecule has 2 aromatic rings. The van der Waals surface area contributed by atoms with Crippen LogP contribution in [0, 0.1) is 20.8 Å². The summed E-state index contributed by atoms with van der Waals surface area (Å²) >= 11 is 0. The molecule has 12 N–H and O–H groups in total. The number of methoxy groups -OCH3 is 1. The maximum Gasteiger partial charge on any atom is 0.356 e. The minimum Gasteiger partial charge on any atom is -0.505 e. The van der Waals surface area contributed by atoms with Crippen molar-refractivity contribution in [2.75, 3.05) is 7.11 Å². The Hall–Kier alpha value is -2.88. The van der Waals surface area contributed by atoms with E-state index in [1.165, 1.54) is 32.2 Å². The van der Waals surface area contributed by atoms with Gasteiger partial charge in [-0.25, -0.2) is 0 Å². The molecule has 13 heteroatoms. The highest BCUT2D eigenvalue weighted by Crippen LogP contribution is 2.31. The second-order valence-electron chi connectivity index (χ2n) is 7.32. The van der Waals surface area contributed by atoms with Gasteiger partial charge in [0, 0.05) is 0 Å². The van der Waals surface area contributed by atoms with Crippen LogP contribution >= 0.6 is 0 Å². The van der Waals surface area contributed by atoms with Gasteiger partial charge in [0.1, 0.15) is 7.85 Å². The Kier molecular flexibility index (Phi) is 19.2. The average molecular weight is 542 g/mol. The quantitative estimate of drug-likeness (QED) is 0.101. The summed E-state index contributed by atoms with van der Waals surface area (Å²) in [5.74, 6) is -6.87. The van der Waals surface area contributed by atoms with Gasteiger partial charge < -0.3 is 56.1 Å². The summed E-state index contributed by atoms with van der Waals surface area (Å²) in [5, 5.41) is 72.4. The van der Waals surface area contributed by atoms with E-state index in [4.69, 9.17) is 33.6 Å². The van der Waals surface area contributed by atoms with Crippen LogP contribution in [0.2, 0.25) is 0 Å². The maximum absolute atomic E-state index is 9.42. The number of phenolic OH excluding ortho intramolecular Hbond substituents is 2. The summed E-state index contributed by atoms with van der Waals surface area (Å²) in [5.41, 5.74) is 12.1. The highest BCUT2D eigenvalue weighted by molar-refractivity contribution is 6.35. The van der Waals surface area contributed by atoms with E-state index in [1.54, 1.807) is 13.0 Å². The van der Waals surface area contributed by atoms with Gasteiger partial charge >= 0.3 is 5.97 Å². The summed E-state index contributed by atoms with van der Waals surface area (Å²) < 4.78 is 9.52. The fraction of sp³-hybridized carbons (Fsp3) is 0.440. The van der Waals surface area contributed by atoms with Crippen molar-refractivity contribution in [3.8, 4) is 23.0 Å². The highest BCUT2D eigenvalue weighted by Gasteiger charge is 2.48. The average Bonchev–Trinajstić information content (AvgIpc) is 2.86. The number of aliphatic hydroxyl groups excluding tert-OH is 2. The van der Waals surface area contributed by atoms with Crippen LogP contribution in [0.3, 0.4) is 0 Å². The van der Waals surface area contributed by atoms with Gasteiger partial charge in [-0.2, -0.15) is 0 Å². The molecule has 0 saturated heterocycles. The summed E-state index contributed by atoms with van der Waals surface area (Å²) in [6, 6.07) is 5.89. The molecule has 2 atom stereocenters. The zero-order valence-corrected chi connectivity index (χ0v) is 23.0. The molecule has 0 aliphatic heterocycles. The van der Waals surface area contributed by atoms with Gasteiger partial charge in [0.2, 0.25) is 6.10 Å². The Labute approximate surface area is 225 Å². The number of hydrogen-bond acceptors (Lipinski definition) is 12. The second-order valence-corrected chi connectivity index (χ2v) is 7.32. The molecule has 12 nitrogen and oxygen atoms in total. The molecule has 38 heavy (non-hydrogen) atoms. The van der Waals surface area contributed by atoms with Crippen molar-refractivity contribution in [3.05, 3.63) is 54.1 Å². The van der Waals surface area contributed by atoms with Crippen molar-refractivity contribution >= 4 is 13.3 Å². The van der Waals surface area contributed by atoms with Gasteiger partial charge in [-0.15, -0.1) is 13.2 Å². The zero-order chi connectivity index (χ0) is 31.0. The number of rotatable bonds is 5. The Morgan fingerprint density at radius 2 is 1.26 bits per heavy atom. The first-order valence-electron chi connectivity index (χ1n) is 11.3. The van der Waals surface area contributed by atoms with E-state index in [1.807, 2.05) is 27.7 Å². The molecular weight excluding hydrogens is 499 g/mol. The Bertz CT molecular complexity index is 843. The molecular formula is C25H43BN2O10. The monoisotopic (exact) mass is 542 g/mol. The number of aliphatic hydroxyl groups is 6. The fourth-order valence-corrected chi connectivity index (χ4v) is 2.34. The molecule has 0 saturated carbocycles. The molecule has 2 radical (unpaired) electrons. The topological polar surface area (TPSA) is 232 Å². The van der Waals surface area contributed by atoms with Gasteiger partial charge in [-0.3, -0.25) is 5.73 Å². The van der Waals surface area contributed by atoms with Crippen molar-refractivity contribution in [1.82, 2.24) is 0 Å². The molecule has 0 amide bonds. The van der Waals surface area contributed by atoms with E-state index in [0.717, 1.165) is 11.1 Å². The van der Waals surface area contributed by atoms with Gasteiger partial charge in [0.05, 0.1) is 13.3 Å². The Balaban J connectivity index is -0.000000527. The third-order valence-corrected chi connectivity index (χ3v) is 4.45. The van der Waals surface area contributed by atoms with Crippen molar-refractivity contribution in [2.45, 2.75) is 65.8 Å². The summed E-state index contributed by atoms with van der Waals surface area (Å²) in [6.07, 6.45) is -3.25. The van der Waals surface area contributed by atoms with E-state index in [2.05, 4.69) is 23.6 Å². The van der Waals surface area contributed by atoms with Crippen LogP contribution in [-0.2, 0) is 0 Å². The van der Waals surface area contributed by atoms with Gasteiger partial charge in [-0.05, 0) is 56.4 Å². The molecule has 0 aliphatic rings. The first-order valence-corrected chi connectivity index (χ1v) is 11.3. The number of hydrogen-bond donors (Lipinski definition) is 10.